The van der Waals surface area contributed by atoms with Gasteiger partial charge in [0.1, 0.15) is 9.77 Å². The Balaban J connectivity index is 2.13. The maximum absolute atomic E-state index is 13.1. The summed E-state index contributed by atoms with van der Waals surface area (Å²) in [4.78, 5) is 12.2. The molecule has 0 fully saturated rings. The first-order chi connectivity index (χ1) is 12.8. The Hall–Kier alpha value is -2.64. The number of esters is 1. The molecular weight excluding hydrogens is 382 g/mol. The zero-order chi connectivity index (χ0) is 19.6. The summed E-state index contributed by atoms with van der Waals surface area (Å²) in [6, 6.07) is 14.5. The largest absolute Gasteiger partial charge is 0.465 e. The highest BCUT2D eigenvalue weighted by atomic mass is 32.2. The topological polar surface area (TPSA) is 72.5 Å². The number of nitrogens with one attached hydrogen (secondary N) is 1. The number of sulfonamides is 1. The molecule has 3 rings (SSSR count). The molecule has 27 heavy (non-hydrogen) atoms. The molecule has 3 aromatic rings. The molecule has 140 valence electrons. The van der Waals surface area contributed by atoms with Crippen LogP contribution < -0.4 is 4.72 Å². The lowest BCUT2D eigenvalue weighted by Crippen LogP contribution is -2.16. The average Bonchev–Trinajstić information content (AvgIpc) is 3.09. The van der Waals surface area contributed by atoms with Crippen molar-refractivity contribution in [3.05, 3.63) is 69.9 Å². The van der Waals surface area contributed by atoms with Crippen molar-refractivity contribution in [2.75, 3.05) is 11.8 Å². The van der Waals surface area contributed by atoms with Gasteiger partial charge in [-0.15, -0.1) is 11.3 Å². The van der Waals surface area contributed by atoms with Crippen LogP contribution in [-0.4, -0.2) is 21.5 Å². The van der Waals surface area contributed by atoms with Gasteiger partial charge in [0.25, 0.3) is 10.0 Å². The van der Waals surface area contributed by atoms with E-state index in [-0.39, 0.29) is 9.77 Å². The molecular formula is C20H19NO4S2. The molecule has 0 aliphatic carbocycles. The molecule has 0 saturated heterocycles. The molecule has 5 nitrogen and oxygen atoms in total. The lowest BCUT2D eigenvalue weighted by molar-refractivity contribution is 0.0602. The van der Waals surface area contributed by atoms with E-state index in [0.717, 1.165) is 28.0 Å². The highest BCUT2D eigenvalue weighted by Gasteiger charge is 2.30. The first kappa shape index (κ1) is 19.1. The number of thiophene rings is 1. The minimum Gasteiger partial charge on any atom is -0.465 e. The number of hydrogen-bond donors (Lipinski definition) is 1. The number of carbonyl (C=O) groups is 1. The van der Waals surface area contributed by atoms with Gasteiger partial charge in [0.05, 0.1) is 7.11 Å². The molecule has 0 atom stereocenters. The van der Waals surface area contributed by atoms with Crippen LogP contribution in [0, 0.1) is 13.8 Å². The summed E-state index contributed by atoms with van der Waals surface area (Å²) in [6.07, 6.45) is 0. The van der Waals surface area contributed by atoms with Gasteiger partial charge in [-0.25, -0.2) is 13.2 Å². The average molecular weight is 402 g/mol. The number of anilines is 1. The number of ether oxygens (including phenoxy) is 1. The van der Waals surface area contributed by atoms with E-state index >= 15 is 0 Å². The van der Waals surface area contributed by atoms with Crippen LogP contribution in [0.3, 0.4) is 0 Å². The van der Waals surface area contributed by atoms with E-state index in [4.69, 9.17) is 4.74 Å². The van der Waals surface area contributed by atoms with Crippen molar-refractivity contribution in [3.8, 4) is 11.1 Å². The van der Waals surface area contributed by atoms with Gasteiger partial charge in [0.15, 0.2) is 0 Å². The predicted molar refractivity (Wildman–Crippen MR) is 108 cm³/mol. The fourth-order valence-corrected chi connectivity index (χ4v) is 5.38. The van der Waals surface area contributed by atoms with Gasteiger partial charge < -0.3 is 4.74 Å². The van der Waals surface area contributed by atoms with Crippen LogP contribution in [0.2, 0.25) is 0 Å². The zero-order valence-corrected chi connectivity index (χ0v) is 16.8. The van der Waals surface area contributed by atoms with Gasteiger partial charge in [-0.3, -0.25) is 4.72 Å². The van der Waals surface area contributed by atoms with Crippen LogP contribution in [0.15, 0.2) is 58.8 Å². The third-order valence-electron chi connectivity index (χ3n) is 4.05. The normalized spacial score (nSPS) is 11.2. The summed E-state index contributed by atoms with van der Waals surface area (Å²) in [7, 11) is -2.76. The summed E-state index contributed by atoms with van der Waals surface area (Å²) in [6.45, 7) is 3.87. The van der Waals surface area contributed by atoms with Gasteiger partial charge >= 0.3 is 5.97 Å². The number of aryl methyl sites for hydroxylation is 2. The second-order valence-corrected chi connectivity index (χ2v) is 8.64. The number of rotatable bonds is 5. The van der Waals surface area contributed by atoms with Gasteiger partial charge in [0.2, 0.25) is 0 Å². The predicted octanol–water partition coefficient (Wildman–Crippen LogP) is 4.62. The maximum Gasteiger partial charge on any atom is 0.349 e. The molecule has 1 aromatic heterocycles. The van der Waals surface area contributed by atoms with Crippen molar-refractivity contribution in [3.63, 3.8) is 0 Å². The molecule has 7 heteroatoms. The minimum absolute atomic E-state index is 0.0488. The maximum atomic E-state index is 13.1. The van der Waals surface area contributed by atoms with Gasteiger partial charge in [0, 0.05) is 16.6 Å². The number of benzene rings is 2. The Morgan fingerprint density at radius 3 is 2.07 bits per heavy atom. The Kier molecular flexibility index (Phi) is 5.34. The van der Waals surface area contributed by atoms with Crippen LogP contribution in [0.25, 0.3) is 11.1 Å². The molecule has 0 saturated carbocycles. The van der Waals surface area contributed by atoms with Crippen LogP contribution >= 0.6 is 11.3 Å². The molecule has 0 spiro atoms. The molecule has 2 aromatic carbocycles. The highest BCUT2D eigenvalue weighted by molar-refractivity contribution is 7.93. The summed E-state index contributed by atoms with van der Waals surface area (Å²) in [5, 5.41) is 1.67. The lowest BCUT2D eigenvalue weighted by atomic mass is 10.1. The monoisotopic (exact) mass is 401 g/mol. The van der Waals surface area contributed by atoms with Crippen LogP contribution in [0.4, 0.5) is 5.69 Å². The van der Waals surface area contributed by atoms with E-state index in [2.05, 4.69) is 4.72 Å². The fourth-order valence-electron chi connectivity index (χ4n) is 2.61. The first-order valence-electron chi connectivity index (χ1n) is 8.18. The fraction of sp³-hybridized carbons (Fsp3) is 0.150. The van der Waals surface area contributed by atoms with Crippen molar-refractivity contribution in [1.29, 1.82) is 0 Å². The quantitative estimate of drug-likeness (QED) is 0.633. The summed E-state index contributed by atoms with van der Waals surface area (Å²) in [5.74, 6) is -0.678. The smallest absolute Gasteiger partial charge is 0.349 e. The van der Waals surface area contributed by atoms with Crippen molar-refractivity contribution >= 4 is 33.0 Å². The summed E-state index contributed by atoms with van der Waals surface area (Å²) < 4.78 is 33.6. The second-order valence-electron chi connectivity index (χ2n) is 6.14. The van der Waals surface area contributed by atoms with E-state index in [1.165, 1.54) is 7.11 Å². The summed E-state index contributed by atoms with van der Waals surface area (Å²) >= 11 is 1.05. The lowest BCUT2D eigenvalue weighted by Gasteiger charge is -2.11. The second kappa shape index (κ2) is 7.54. The Morgan fingerprint density at radius 1 is 0.963 bits per heavy atom. The van der Waals surface area contributed by atoms with Gasteiger partial charge in [-0.2, -0.15) is 0 Å². The van der Waals surface area contributed by atoms with Crippen molar-refractivity contribution in [2.45, 2.75) is 18.7 Å². The summed E-state index contributed by atoms with van der Waals surface area (Å²) in [5.41, 5.74) is 3.70. The Labute approximate surface area is 162 Å². The zero-order valence-electron chi connectivity index (χ0n) is 15.1. The van der Waals surface area contributed by atoms with Crippen molar-refractivity contribution in [1.82, 2.24) is 0 Å². The van der Waals surface area contributed by atoms with Crippen LogP contribution in [0.5, 0.6) is 0 Å². The Bertz CT molecular complexity index is 1070. The third-order valence-corrected chi connectivity index (χ3v) is 6.61. The van der Waals surface area contributed by atoms with Crippen LogP contribution in [0.1, 0.15) is 20.8 Å². The molecule has 0 bridgehead atoms. The van der Waals surface area contributed by atoms with E-state index in [9.17, 15) is 13.2 Å². The third kappa shape index (κ3) is 4.04. The van der Waals surface area contributed by atoms with E-state index in [1.807, 2.05) is 50.2 Å². The SMILES string of the molecule is COC(=O)c1scc(-c2ccc(C)cc2)c1S(=O)(=O)Nc1ccc(C)cc1. The standard InChI is InChI=1S/C20H19NO4S2/c1-13-4-8-15(9-5-13)17-12-26-18(20(22)25-3)19(17)27(23,24)21-16-10-6-14(2)7-11-16/h4-12,21H,1-3H3. The van der Waals surface area contributed by atoms with Crippen molar-refractivity contribution < 1.29 is 17.9 Å². The van der Waals surface area contributed by atoms with E-state index < -0.39 is 16.0 Å². The molecule has 0 radical (unpaired) electrons. The highest BCUT2D eigenvalue weighted by Crippen LogP contribution is 2.36. The van der Waals surface area contributed by atoms with Gasteiger partial charge in [-0.1, -0.05) is 47.5 Å². The number of methoxy groups -OCH3 is 1. The molecule has 0 unspecified atom stereocenters. The van der Waals surface area contributed by atoms with Crippen LogP contribution in [-0.2, 0) is 14.8 Å². The number of hydrogen-bond acceptors (Lipinski definition) is 5. The van der Waals surface area contributed by atoms with E-state index in [0.29, 0.717) is 11.3 Å². The minimum atomic E-state index is -4.00. The first-order valence-corrected chi connectivity index (χ1v) is 10.5. The molecule has 0 aliphatic rings. The number of carbonyl (C=O) groups excluding carboxylic acids is 1. The molecule has 1 heterocycles. The molecule has 0 aliphatic heterocycles. The molecule has 0 amide bonds. The Morgan fingerprint density at radius 2 is 1.52 bits per heavy atom. The van der Waals surface area contributed by atoms with Gasteiger partial charge in [-0.05, 0) is 31.5 Å². The van der Waals surface area contributed by atoms with Crippen molar-refractivity contribution in [2.24, 2.45) is 0 Å². The molecule has 1 N–H and O–H groups in total. The van der Waals surface area contributed by atoms with E-state index in [1.54, 1.807) is 17.5 Å².